The molecule has 4 amide bonds. The van der Waals surface area contributed by atoms with Gasteiger partial charge in [-0.2, -0.15) is 14.4 Å². The highest BCUT2D eigenvalue weighted by molar-refractivity contribution is 7.89. The number of hydrogen-bond donors (Lipinski definition) is 3. The van der Waals surface area contributed by atoms with Crippen LogP contribution in [0.2, 0.25) is 0 Å². The van der Waals surface area contributed by atoms with Gasteiger partial charge in [0.25, 0.3) is 10.0 Å². The number of imide groups is 1. The number of hydrogen-bond acceptors (Lipinski definition) is 12. The lowest BCUT2D eigenvalue weighted by atomic mass is 9.89. The van der Waals surface area contributed by atoms with Gasteiger partial charge in [0.2, 0.25) is 17.8 Å². The maximum atomic E-state index is 13.9. The predicted molar refractivity (Wildman–Crippen MR) is 222 cm³/mol. The standard InChI is InChI=1S/C42H51N11O6S/c1-49-34-22-27(8-9-32(34)37(48-49)52-21-14-35(55)46-41(52)57)26-10-17-50(18-11-26)25-29-4-2-7-36(44-29)60(58,59)51-19-12-28(13-20-51)45-40-43-24-33-38(47-40)53(39(56)42(33)15-16-42)30-5-3-6-31(54)23-30/h2,4,7-9,22,24,26,28,30-31,54H,3,5-6,10-21,23,25H2,1H3,(H,43,45,47)(H,46,55,57)/t30-,31-/m1/s1. The highest BCUT2D eigenvalue weighted by Gasteiger charge is 2.61. The molecule has 4 aliphatic heterocycles. The number of anilines is 3. The number of benzene rings is 1. The number of nitrogens with zero attached hydrogens (tertiary/aromatic N) is 9. The Morgan fingerprint density at radius 1 is 0.933 bits per heavy atom. The fraction of sp³-hybridized carbons (Fsp3) is 0.548. The molecule has 1 aromatic carbocycles. The number of nitrogens with one attached hydrogen (secondary N) is 2. The Bertz CT molecular complexity index is 2470. The van der Waals surface area contributed by atoms with Gasteiger partial charge in [0.1, 0.15) is 5.82 Å². The Labute approximate surface area is 348 Å². The van der Waals surface area contributed by atoms with Crippen LogP contribution in [0, 0.1) is 0 Å². The van der Waals surface area contributed by atoms with Crippen LogP contribution in [0.3, 0.4) is 0 Å². The van der Waals surface area contributed by atoms with Crippen LogP contribution >= 0.6 is 0 Å². The first-order chi connectivity index (χ1) is 29.0. The molecule has 5 fully saturated rings. The topological polar surface area (TPSA) is 199 Å². The zero-order chi connectivity index (χ0) is 41.3. The molecular formula is C42H51N11O6S. The van der Waals surface area contributed by atoms with Gasteiger partial charge in [0.15, 0.2) is 10.8 Å². The molecule has 6 aliphatic rings. The van der Waals surface area contributed by atoms with Crippen molar-refractivity contribution in [3.05, 3.63) is 59.4 Å². The van der Waals surface area contributed by atoms with Gasteiger partial charge in [0.05, 0.1) is 22.7 Å². The molecule has 0 bridgehead atoms. The molecule has 0 unspecified atom stereocenters. The van der Waals surface area contributed by atoms with Crippen LogP contribution in [0.15, 0.2) is 47.6 Å². The van der Waals surface area contributed by atoms with E-state index in [0.717, 1.165) is 80.2 Å². The van der Waals surface area contributed by atoms with Gasteiger partial charge >= 0.3 is 6.03 Å². The fourth-order valence-corrected chi connectivity index (χ4v) is 11.5. The molecule has 3 aromatic heterocycles. The van der Waals surface area contributed by atoms with Gasteiger partial charge < -0.3 is 10.4 Å². The summed E-state index contributed by atoms with van der Waals surface area (Å²) >= 11 is 0. The highest BCUT2D eigenvalue weighted by Crippen LogP contribution is 2.57. The summed E-state index contributed by atoms with van der Waals surface area (Å²) in [5.41, 5.74) is 3.24. The molecule has 0 radical (unpaired) electrons. The van der Waals surface area contributed by atoms with Crippen LogP contribution in [-0.2, 0) is 38.6 Å². The number of likely N-dealkylation sites (tertiary alicyclic amines) is 1. The smallest absolute Gasteiger partial charge is 0.329 e. The van der Waals surface area contributed by atoms with Gasteiger partial charge in [-0.3, -0.25) is 34.3 Å². The van der Waals surface area contributed by atoms with E-state index in [2.05, 4.69) is 42.7 Å². The number of urea groups is 1. The monoisotopic (exact) mass is 837 g/mol. The first kappa shape index (κ1) is 39.1. The number of fused-ring (bicyclic) bond motifs is 3. The minimum Gasteiger partial charge on any atom is -0.393 e. The average Bonchev–Trinajstić information content (AvgIpc) is 3.94. The van der Waals surface area contributed by atoms with E-state index in [1.54, 1.807) is 23.0 Å². The van der Waals surface area contributed by atoms with Gasteiger partial charge in [0, 0.05) is 68.9 Å². The molecule has 3 saturated heterocycles. The summed E-state index contributed by atoms with van der Waals surface area (Å²) < 4.78 is 31.1. The predicted octanol–water partition coefficient (Wildman–Crippen LogP) is 3.53. The maximum Gasteiger partial charge on any atom is 0.329 e. The normalized spacial score (nSPS) is 24.3. The molecule has 1 spiro atoms. The summed E-state index contributed by atoms with van der Waals surface area (Å²) in [7, 11) is -1.95. The lowest BCUT2D eigenvalue weighted by Crippen LogP contribution is -2.49. The first-order valence-electron chi connectivity index (χ1n) is 21.4. The van der Waals surface area contributed by atoms with E-state index >= 15 is 0 Å². The number of aliphatic hydroxyl groups excluding tert-OH is 1. The van der Waals surface area contributed by atoms with E-state index in [0.29, 0.717) is 68.9 Å². The van der Waals surface area contributed by atoms with Crippen LogP contribution in [-0.4, -0.2) is 116 Å². The first-order valence-corrected chi connectivity index (χ1v) is 22.8. The number of piperidine rings is 2. The number of carbonyl (C=O) groups is 3. The van der Waals surface area contributed by atoms with Crippen molar-refractivity contribution in [1.29, 1.82) is 0 Å². The molecule has 2 saturated carbocycles. The minimum atomic E-state index is -3.81. The number of carbonyl (C=O) groups excluding carboxylic acids is 3. The number of aryl methyl sites for hydroxylation is 1. The van der Waals surface area contributed by atoms with Gasteiger partial charge in [-0.05, 0) is 113 Å². The van der Waals surface area contributed by atoms with Gasteiger partial charge in [-0.25, -0.2) is 23.2 Å². The van der Waals surface area contributed by atoms with E-state index in [4.69, 9.17) is 4.98 Å². The SMILES string of the molecule is Cn1nc(N2CCC(=O)NC2=O)c2ccc(C3CCN(Cc4cccc(S(=O)(=O)N5CCC(Nc6ncc7c(n6)N([C@@H]6CCC[C@@H](O)C6)C(=O)C76CC6)CC5)n4)CC3)cc21. The number of amides is 4. The van der Waals surface area contributed by atoms with Crippen LogP contribution < -0.4 is 20.4 Å². The van der Waals surface area contributed by atoms with E-state index in [9.17, 15) is 27.9 Å². The summed E-state index contributed by atoms with van der Waals surface area (Å²) in [4.78, 5) is 57.7. The largest absolute Gasteiger partial charge is 0.393 e. The average molecular weight is 838 g/mol. The van der Waals surface area contributed by atoms with Crippen molar-refractivity contribution in [2.45, 2.75) is 112 Å². The molecule has 60 heavy (non-hydrogen) atoms. The Balaban J connectivity index is 0.741. The highest BCUT2D eigenvalue weighted by atomic mass is 32.2. The molecule has 7 heterocycles. The van der Waals surface area contributed by atoms with Crippen molar-refractivity contribution in [3.63, 3.8) is 0 Å². The zero-order valence-corrected chi connectivity index (χ0v) is 34.6. The lowest BCUT2D eigenvalue weighted by molar-refractivity contribution is -0.121. The lowest BCUT2D eigenvalue weighted by Gasteiger charge is -2.34. The molecule has 2 aliphatic carbocycles. The second-order valence-corrected chi connectivity index (χ2v) is 19.4. The second-order valence-electron chi connectivity index (χ2n) is 17.5. The third-order valence-corrected chi connectivity index (χ3v) is 15.5. The van der Waals surface area contributed by atoms with Crippen molar-refractivity contribution in [2.75, 3.05) is 47.8 Å². The van der Waals surface area contributed by atoms with E-state index in [-0.39, 0.29) is 35.3 Å². The van der Waals surface area contributed by atoms with Crippen molar-refractivity contribution in [1.82, 2.24) is 39.3 Å². The van der Waals surface area contributed by atoms with Crippen LogP contribution in [0.25, 0.3) is 10.9 Å². The molecule has 17 nitrogen and oxygen atoms in total. The molecule has 2 atom stereocenters. The number of aromatic nitrogens is 5. The van der Waals surface area contributed by atoms with Crippen molar-refractivity contribution < 1.29 is 27.9 Å². The summed E-state index contributed by atoms with van der Waals surface area (Å²) in [6.07, 6.45) is 9.27. The molecule has 18 heteroatoms. The zero-order valence-electron chi connectivity index (χ0n) is 33.8. The number of aliphatic hydroxyl groups is 1. The van der Waals surface area contributed by atoms with Crippen molar-refractivity contribution >= 4 is 56.4 Å². The van der Waals surface area contributed by atoms with E-state index in [1.807, 2.05) is 24.1 Å². The molecule has 3 N–H and O–H groups in total. The van der Waals surface area contributed by atoms with E-state index < -0.39 is 27.6 Å². The van der Waals surface area contributed by atoms with Crippen LogP contribution in [0.1, 0.15) is 93.4 Å². The molecule has 4 aromatic rings. The number of sulfonamides is 1. The summed E-state index contributed by atoms with van der Waals surface area (Å²) in [5.74, 6) is 1.80. The molecule has 316 valence electrons. The molecular weight excluding hydrogens is 787 g/mol. The maximum absolute atomic E-state index is 13.9. The Morgan fingerprint density at radius 2 is 1.73 bits per heavy atom. The fourth-order valence-electron chi connectivity index (χ4n) is 10.1. The summed E-state index contributed by atoms with van der Waals surface area (Å²) in [5, 5.41) is 21.7. The minimum absolute atomic E-state index is 0.0342. The second kappa shape index (κ2) is 15.1. The molecule has 10 rings (SSSR count). The Morgan fingerprint density at radius 3 is 2.48 bits per heavy atom. The van der Waals surface area contributed by atoms with E-state index in [1.165, 1.54) is 14.8 Å². The van der Waals surface area contributed by atoms with Crippen molar-refractivity contribution in [2.24, 2.45) is 7.05 Å². The van der Waals surface area contributed by atoms with Crippen LogP contribution in [0.5, 0.6) is 0 Å². The van der Waals surface area contributed by atoms with Gasteiger partial charge in [-0.15, -0.1) is 0 Å². The third kappa shape index (κ3) is 7.00. The number of pyridine rings is 1. The van der Waals surface area contributed by atoms with Crippen LogP contribution in [0.4, 0.5) is 22.4 Å². The summed E-state index contributed by atoms with van der Waals surface area (Å²) in [6.45, 7) is 3.20. The Kier molecular flexibility index (Phi) is 9.88. The third-order valence-electron chi connectivity index (χ3n) is 13.7. The summed E-state index contributed by atoms with van der Waals surface area (Å²) in [6, 6.07) is 11.0. The van der Waals surface area contributed by atoms with Crippen molar-refractivity contribution in [3.8, 4) is 0 Å². The van der Waals surface area contributed by atoms with Gasteiger partial charge in [-0.1, -0.05) is 12.1 Å². The quantitative estimate of drug-likeness (QED) is 0.222. The Hall–Kier alpha value is -5.04. The number of rotatable bonds is 9.